The number of aliphatic hydroxyl groups excluding tert-OH is 1. The molecule has 2 heterocycles. The average Bonchev–Trinajstić information content (AvgIpc) is 3.13. The molecule has 2 aromatic rings. The molecule has 5 nitrogen and oxygen atoms in total. The van der Waals surface area contributed by atoms with Crippen LogP contribution in [0.2, 0.25) is 0 Å². The molecular weight excluding hydrogens is 274 g/mol. The van der Waals surface area contributed by atoms with Gasteiger partial charge in [-0.15, -0.1) is 11.3 Å². The number of hydrogen-bond donors (Lipinski definition) is 2. The maximum absolute atomic E-state index is 12.0. The summed E-state index contributed by atoms with van der Waals surface area (Å²) in [5.74, 6) is 5.35. The molecule has 2 aromatic heterocycles. The topological polar surface area (TPSA) is 67.2 Å². The molecule has 20 heavy (non-hydrogen) atoms. The van der Waals surface area contributed by atoms with Crippen molar-refractivity contribution < 1.29 is 9.90 Å². The minimum Gasteiger partial charge on any atom is -0.384 e. The number of carbonyl (C=O) groups excluding carboxylic acids is 1. The van der Waals surface area contributed by atoms with Crippen molar-refractivity contribution in [1.82, 2.24) is 15.1 Å². The molecule has 0 aliphatic rings. The molecule has 0 radical (unpaired) electrons. The number of hydrogen-bond acceptors (Lipinski definition) is 4. The van der Waals surface area contributed by atoms with E-state index in [0.29, 0.717) is 6.54 Å². The van der Waals surface area contributed by atoms with Gasteiger partial charge in [-0.1, -0.05) is 11.8 Å². The van der Waals surface area contributed by atoms with E-state index in [9.17, 15) is 4.79 Å². The summed E-state index contributed by atoms with van der Waals surface area (Å²) in [5, 5.41) is 17.4. The number of carbonyl (C=O) groups is 1. The van der Waals surface area contributed by atoms with Crippen LogP contribution in [0.15, 0.2) is 29.9 Å². The third-order valence-corrected chi connectivity index (χ3v) is 3.64. The van der Waals surface area contributed by atoms with Gasteiger partial charge in [-0.3, -0.25) is 9.48 Å². The fourth-order valence-corrected chi connectivity index (χ4v) is 2.39. The summed E-state index contributed by atoms with van der Waals surface area (Å²) in [6, 6.07) is 3.36. The van der Waals surface area contributed by atoms with Crippen LogP contribution in [0.4, 0.5) is 0 Å². The fraction of sp³-hybridized carbons (Fsp3) is 0.286. The van der Waals surface area contributed by atoms with Crippen LogP contribution in [0.3, 0.4) is 0 Å². The lowest BCUT2D eigenvalue weighted by Crippen LogP contribution is -2.30. The first-order chi connectivity index (χ1) is 9.70. The Bertz CT molecular complexity index is 622. The molecule has 0 aliphatic carbocycles. The Balaban J connectivity index is 1.88. The average molecular weight is 289 g/mol. The molecule has 2 N–H and O–H groups in total. The van der Waals surface area contributed by atoms with Gasteiger partial charge < -0.3 is 10.4 Å². The fourth-order valence-electron chi connectivity index (χ4n) is 1.63. The lowest BCUT2D eigenvalue weighted by Gasteiger charge is -2.11. The molecule has 1 amide bonds. The molecule has 0 spiro atoms. The van der Waals surface area contributed by atoms with Gasteiger partial charge in [-0.2, -0.15) is 5.10 Å². The lowest BCUT2D eigenvalue weighted by atomic mass is 10.3. The van der Waals surface area contributed by atoms with Crippen molar-refractivity contribution in [2.24, 2.45) is 0 Å². The monoisotopic (exact) mass is 289 g/mol. The molecular formula is C14H15N3O2S. The van der Waals surface area contributed by atoms with E-state index in [0.717, 1.165) is 10.4 Å². The minimum absolute atomic E-state index is 0.0786. The maximum Gasteiger partial charge on any atom is 0.244 e. The Labute approximate surface area is 121 Å². The Morgan fingerprint density at radius 1 is 1.65 bits per heavy atom. The molecule has 0 saturated heterocycles. The largest absolute Gasteiger partial charge is 0.384 e. The van der Waals surface area contributed by atoms with Gasteiger partial charge in [-0.05, 0) is 19.1 Å². The van der Waals surface area contributed by atoms with Gasteiger partial charge in [0.1, 0.15) is 12.6 Å². The van der Waals surface area contributed by atoms with E-state index in [1.165, 1.54) is 11.3 Å². The first kappa shape index (κ1) is 14.3. The van der Waals surface area contributed by atoms with Gasteiger partial charge in [0.25, 0.3) is 0 Å². The molecule has 0 bridgehead atoms. The zero-order valence-corrected chi connectivity index (χ0v) is 11.9. The summed E-state index contributed by atoms with van der Waals surface area (Å²) in [7, 11) is 0. The SMILES string of the molecule is CC(C(=O)NCc1cc(C#CCO)cs1)n1cccn1. The number of aliphatic hydroxyl groups is 1. The standard InChI is InChI=1S/C14H15N3O2S/c1-11(17-6-3-5-16-17)14(19)15-9-13-8-12(10-20-13)4-2-7-18/h3,5-6,8,10-11,18H,7,9H2,1H3,(H,15,19). The Hall–Kier alpha value is -2.10. The zero-order valence-electron chi connectivity index (χ0n) is 11.0. The molecule has 0 aromatic carbocycles. The number of thiophene rings is 1. The van der Waals surface area contributed by atoms with Gasteiger partial charge in [0.2, 0.25) is 5.91 Å². The molecule has 0 aliphatic heterocycles. The van der Waals surface area contributed by atoms with Crippen LogP contribution < -0.4 is 5.32 Å². The van der Waals surface area contributed by atoms with Gasteiger partial charge in [0, 0.05) is 28.2 Å². The summed E-state index contributed by atoms with van der Waals surface area (Å²) in [6.45, 7) is 2.12. The highest BCUT2D eigenvalue weighted by Crippen LogP contribution is 2.14. The van der Waals surface area contributed by atoms with Crippen molar-refractivity contribution in [2.45, 2.75) is 19.5 Å². The third kappa shape index (κ3) is 3.70. The highest BCUT2D eigenvalue weighted by molar-refractivity contribution is 7.10. The van der Waals surface area contributed by atoms with Crippen LogP contribution in [-0.4, -0.2) is 27.4 Å². The van der Waals surface area contributed by atoms with E-state index < -0.39 is 0 Å². The van der Waals surface area contributed by atoms with E-state index in [4.69, 9.17) is 5.11 Å². The van der Waals surface area contributed by atoms with Crippen LogP contribution >= 0.6 is 11.3 Å². The van der Waals surface area contributed by atoms with Crippen LogP contribution in [0.1, 0.15) is 23.4 Å². The second-order valence-electron chi connectivity index (χ2n) is 4.14. The predicted octanol–water partition coefficient (Wildman–Crippen LogP) is 1.17. The maximum atomic E-state index is 12.0. The number of nitrogens with zero attached hydrogens (tertiary/aromatic N) is 2. The smallest absolute Gasteiger partial charge is 0.244 e. The first-order valence-corrected chi connectivity index (χ1v) is 7.02. The summed E-state index contributed by atoms with van der Waals surface area (Å²) < 4.78 is 1.61. The van der Waals surface area contributed by atoms with Crippen molar-refractivity contribution >= 4 is 17.2 Å². The van der Waals surface area contributed by atoms with Crippen molar-refractivity contribution in [3.63, 3.8) is 0 Å². The van der Waals surface area contributed by atoms with Gasteiger partial charge in [0.05, 0.1) is 6.54 Å². The van der Waals surface area contributed by atoms with E-state index in [1.54, 1.807) is 30.1 Å². The quantitative estimate of drug-likeness (QED) is 0.830. The van der Waals surface area contributed by atoms with Gasteiger partial charge >= 0.3 is 0 Å². The normalized spacial score (nSPS) is 11.5. The molecule has 2 rings (SSSR count). The van der Waals surface area contributed by atoms with Crippen LogP contribution in [0.5, 0.6) is 0 Å². The van der Waals surface area contributed by atoms with E-state index >= 15 is 0 Å². The summed E-state index contributed by atoms with van der Waals surface area (Å²) in [6.07, 6.45) is 3.41. The number of nitrogens with one attached hydrogen (secondary N) is 1. The second-order valence-corrected chi connectivity index (χ2v) is 5.14. The summed E-state index contributed by atoms with van der Waals surface area (Å²) >= 11 is 1.53. The predicted molar refractivity (Wildman–Crippen MR) is 77.1 cm³/mol. The molecule has 0 fully saturated rings. The van der Waals surface area contributed by atoms with E-state index in [1.807, 2.05) is 11.4 Å². The zero-order chi connectivity index (χ0) is 14.4. The van der Waals surface area contributed by atoms with E-state index in [-0.39, 0.29) is 18.6 Å². The van der Waals surface area contributed by atoms with Crippen LogP contribution in [-0.2, 0) is 11.3 Å². The molecule has 104 valence electrons. The van der Waals surface area contributed by atoms with E-state index in [2.05, 4.69) is 22.3 Å². The highest BCUT2D eigenvalue weighted by Gasteiger charge is 2.14. The Morgan fingerprint density at radius 3 is 3.20 bits per heavy atom. The second kappa shape index (κ2) is 6.89. The Kier molecular flexibility index (Phi) is 4.93. The first-order valence-electron chi connectivity index (χ1n) is 6.14. The summed E-state index contributed by atoms with van der Waals surface area (Å²) in [5.41, 5.74) is 0.855. The number of rotatable bonds is 4. The summed E-state index contributed by atoms with van der Waals surface area (Å²) in [4.78, 5) is 13.0. The van der Waals surface area contributed by atoms with Crippen molar-refractivity contribution in [3.05, 3.63) is 40.3 Å². The highest BCUT2D eigenvalue weighted by atomic mass is 32.1. The van der Waals surface area contributed by atoms with Crippen LogP contribution in [0.25, 0.3) is 0 Å². The minimum atomic E-state index is -0.335. The van der Waals surface area contributed by atoms with Crippen LogP contribution in [0, 0.1) is 11.8 Å². The van der Waals surface area contributed by atoms with Gasteiger partial charge in [-0.25, -0.2) is 0 Å². The molecule has 0 saturated carbocycles. The third-order valence-electron chi connectivity index (χ3n) is 2.70. The van der Waals surface area contributed by atoms with Gasteiger partial charge in [0.15, 0.2) is 0 Å². The molecule has 6 heteroatoms. The molecule has 1 atom stereocenters. The van der Waals surface area contributed by atoms with Crippen molar-refractivity contribution in [1.29, 1.82) is 0 Å². The molecule has 1 unspecified atom stereocenters. The number of amides is 1. The number of aromatic nitrogens is 2. The van der Waals surface area contributed by atoms with Crippen molar-refractivity contribution in [3.8, 4) is 11.8 Å². The Morgan fingerprint density at radius 2 is 2.50 bits per heavy atom. The van der Waals surface area contributed by atoms with Crippen molar-refractivity contribution in [2.75, 3.05) is 6.61 Å². The lowest BCUT2D eigenvalue weighted by molar-refractivity contribution is -0.124.